The number of nitrogens with zero attached hydrogens (tertiary/aromatic N) is 3. The molecule has 1 saturated heterocycles. The maximum atomic E-state index is 12.7. The van der Waals surface area contributed by atoms with Crippen LogP contribution in [0.5, 0.6) is 5.75 Å². The fourth-order valence-corrected chi connectivity index (χ4v) is 3.70. The molecule has 1 aromatic heterocycles. The quantitative estimate of drug-likeness (QED) is 0.767. The number of amides is 2. The lowest BCUT2D eigenvalue weighted by Crippen LogP contribution is -2.51. The highest BCUT2D eigenvalue weighted by atomic mass is 32.1. The van der Waals surface area contributed by atoms with Gasteiger partial charge in [0.1, 0.15) is 12.4 Å². The number of hydrogen-bond donors (Lipinski definition) is 1. The van der Waals surface area contributed by atoms with Gasteiger partial charge in [-0.3, -0.25) is 14.5 Å². The van der Waals surface area contributed by atoms with Crippen LogP contribution in [0, 0.1) is 0 Å². The van der Waals surface area contributed by atoms with Crippen molar-refractivity contribution in [3.05, 3.63) is 46.4 Å². The monoisotopic (exact) mass is 400 g/mol. The van der Waals surface area contributed by atoms with E-state index in [0.717, 1.165) is 37.4 Å². The lowest BCUT2D eigenvalue weighted by molar-refractivity contribution is -0.122. The summed E-state index contributed by atoms with van der Waals surface area (Å²) < 4.78 is 5.69. The summed E-state index contributed by atoms with van der Waals surface area (Å²) in [5.41, 5.74) is 3.33. The van der Waals surface area contributed by atoms with Gasteiger partial charge in [-0.25, -0.2) is 4.98 Å². The fourth-order valence-electron chi connectivity index (χ4n) is 3.16. The van der Waals surface area contributed by atoms with Crippen molar-refractivity contribution in [2.75, 3.05) is 32.7 Å². The minimum absolute atomic E-state index is 0.0214. The fraction of sp³-hybridized carbons (Fsp3) is 0.450. The Morgan fingerprint density at radius 2 is 1.89 bits per heavy atom. The lowest BCUT2D eigenvalue weighted by Gasteiger charge is -2.34. The molecule has 2 aromatic rings. The standard InChI is InChI=1S/C20H24N4O3S/c25-19(22-16-3-4-16)11-23-7-9-24(10-8-23)20(26)15-1-5-18(6-2-15)27-12-17-13-28-14-21-17/h1-2,5-6,13-14,16H,3-4,7-12H2,(H,22,25). The van der Waals surface area contributed by atoms with Crippen LogP contribution in [-0.4, -0.2) is 65.4 Å². The number of hydrogen-bond acceptors (Lipinski definition) is 6. The average molecular weight is 401 g/mol. The summed E-state index contributed by atoms with van der Waals surface area (Å²) >= 11 is 1.54. The molecule has 28 heavy (non-hydrogen) atoms. The highest BCUT2D eigenvalue weighted by Crippen LogP contribution is 2.19. The molecule has 2 aliphatic rings. The van der Waals surface area contributed by atoms with Crippen molar-refractivity contribution >= 4 is 23.2 Å². The van der Waals surface area contributed by atoms with E-state index in [1.165, 1.54) is 11.3 Å². The maximum absolute atomic E-state index is 12.7. The van der Waals surface area contributed by atoms with E-state index < -0.39 is 0 Å². The van der Waals surface area contributed by atoms with E-state index in [-0.39, 0.29) is 11.8 Å². The van der Waals surface area contributed by atoms with E-state index in [1.54, 1.807) is 17.6 Å². The third-order valence-corrected chi connectivity index (χ3v) is 5.58. The molecule has 4 rings (SSSR count). The van der Waals surface area contributed by atoms with Crippen LogP contribution in [0.3, 0.4) is 0 Å². The van der Waals surface area contributed by atoms with Gasteiger partial charge in [-0.2, -0.15) is 0 Å². The van der Waals surface area contributed by atoms with Gasteiger partial charge in [0.15, 0.2) is 0 Å². The molecule has 0 spiro atoms. The maximum Gasteiger partial charge on any atom is 0.253 e. The van der Waals surface area contributed by atoms with Crippen LogP contribution in [0.1, 0.15) is 28.9 Å². The van der Waals surface area contributed by atoms with Crippen molar-refractivity contribution in [2.45, 2.75) is 25.5 Å². The van der Waals surface area contributed by atoms with Gasteiger partial charge in [-0.15, -0.1) is 11.3 Å². The normalized spacial score (nSPS) is 17.4. The minimum Gasteiger partial charge on any atom is -0.487 e. The second kappa shape index (κ2) is 8.70. The number of nitrogens with one attached hydrogen (secondary N) is 1. The van der Waals surface area contributed by atoms with Crippen LogP contribution in [0.15, 0.2) is 35.2 Å². The Morgan fingerprint density at radius 1 is 1.14 bits per heavy atom. The minimum atomic E-state index is 0.0214. The third-order valence-electron chi connectivity index (χ3n) is 4.94. The first-order valence-electron chi connectivity index (χ1n) is 9.58. The molecule has 1 N–H and O–H groups in total. The zero-order chi connectivity index (χ0) is 19.3. The number of carbonyl (C=O) groups excluding carboxylic acids is 2. The van der Waals surface area contributed by atoms with Crippen molar-refractivity contribution in [1.29, 1.82) is 0 Å². The summed E-state index contributed by atoms with van der Waals surface area (Å²) in [6.07, 6.45) is 2.20. The van der Waals surface area contributed by atoms with Gasteiger partial charge in [-0.05, 0) is 37.1 Å². The molecule has 1 aliphatic heterocycles. The van der Waals surface area contributed by atoms with E-state index in [4.69, 9.17) is 4.74 Å². The summed E-state index contributed by atoms with van der Waals surface area (Å²) in [4.78, 5) is 32.8. The molecule has 7 nitrogen and oxygen atoms in total. The van der Waals surface area contributed by atoms with Gasteiger partial charge in [0, 0.05) is 43.2 Å². The van der Waals surface area contributed by atoms with Crippen molar-refractivity contribution < 1.29 is 14.3 Å². The van der Waals surface area contributed by atoms with E-state index in [2.05, 4.69) is 15.2 Å². The molecular weight excluding hydrogens is 376 g/mol. The third kappa shape index (κ3) is 5.08. The molecule has 0 atom stereocenters. The zero-order valence-corrected chi connectivity index (χ0v) is 16.5. The first-order chi connectivity index (χ1) is 13.7. The first kappa shape index (κ1) is 18.9. The molecule has 2 fully saturated rings. The molecule has 2 amide bonds. The van der Waals surface area contributed by atoms with E-state index in [9.17, 15) is 9.59 Å². The van der Waals surface area contributed by atoms with Crippen LogP contribution in [-0.2, 0) is 11.4 Å². The molecule has 1 aliphatic carbocycles. The summed E-state index contributed by atoms with van der Waals surface area (Å²) in [6, 6.07) is 7.63. The highest BCUT2D eigenvalue weighted by molar-refractivity contribution is 7.07. The van der Waals surface area contributed by atoms with Crippen LogP contribution in [0.2, 0.25) is 0 Å². The Labute approximate surface area is 168 Å². The Balaban J connectivity index is 1.23. The van der Waals surface area contributed by atoms with Gasteiger partial charge in [0.05, 0.1) is 17.7 Å². The van der Waals surface area contributed by atoms with Crippen molar-refractivity contribution in [2.24, 2.45) is 0 Å². The Morgan fingerprint density at radius 3 is 2.54 bits per heavy atom. The number of thiazole rings is 1. The molecule has 8 heteroatoms. The Bertz CT molecular complexity index is 797. The number of aromatic nitrogens is 1. The van der Waals surface area contributed by atoms with Crippen LogP contribution >= 0.6 is 11.3 Å². The Kier molecular flexibility index (Phi) is 5.87. The van der Waals surface area contributed by atoms with Gasteiger partial charge < -0.3 is 15.0 Å². The number of ether oxygens (including phenoxy) is 1. The number of piperazine rings is 1. The lowest BCUT2D eigenvalue weighted by atomic mass is 10.1. The van der Waals surface area contributed by atoms with Crippen molar-refractivity contribution in [3.63, 3.8) is 0 Å². The Hall–Kier alpha value is -2.45. The van der Waals surface area contributed by atoms with E-state index in [1.807, 2.05) is 22.4 Å². The van der Waals surface area contributed by atoms with E-state index in [0.29, 0.717) is 37.8 Å². The summed E-state index contributed by atoms with van der Waals surface area (Å²) in [7, 11) is 0. The highest BCUT2D eigenvalue weighted by Gasteiger charge is 2.26. The second-order valence-electron chi connectivity index (χ2n) is 7.20. The van der Waals surface area contributed by atoms with Gasteiger partial charge in [0.25, 0.3) is 5.91 Å². The number of carbonyl (C=O) groups is 2. The molecule has 2 heterocycles. The molecule has 0 unspecified atom stereocenters. The molecule has 148 valence electrons. The van der Waals surface area contributed by atoms with Gasteiger partial charge in [-0.1, -0.05) is 0 Å². The zero-order valence-electron chi connectivity index (χ0n) is 15.7. The molecule has 1 saturated carbocycles. The number of rotatable bonds is 7. The van der Waals surface area contributed by atoms with Crippen molar-refractivity contribution in [3.8, 4) is 5.75 Å². The van der Waals surface area contributed by atoms with Crippen LogP contribution < -0.4 is 10.1 Å². The topological polar surface area (TPSA) is 74.8 Å². The molecular formula is C20H24N4O3S. The van der Waals surface area contributed by atoms with Crippen LogP contribution in [0.25, 0.3) is 0 Å². The van der Waals surface area contributed by atoms with Crippen LogP contribution in [0.4, 0.5) is 0 Å². The second-order valence-corrected chi connectivity index (χ2v) is 7.92. The molecule has 0 radical (unpaired) electrons. The summed E-state index contributed by atoms with van der Waals surface area (Å²) in [5.74, 6) is 0.833. The van der Waals surface area contributed by atoms with Crippen molar-refractivity contribution in [1.82, 2.24) is 20.1 Å². The molecule has 1 aromatic carbocycles. The predicted molar refractivity (Wildman–Crippen MR) is 106 cm³/mol. The summed E-state index contributed by atoms with van der Waals surface area (Å²) in [5, 5.41) is 4.96. The predicted octanol–water partition coefficient (Wildman–Crippen LogP) is 1.76. The van der Waals surface area contributed by atoms with Gasteiger partial charge in [0.2, 0.25) is 5.91 Å². The van der Waals surface area contributed by atoms with Gasteiger partial charge >= 0.3 is 0 Å². The summed E-state index contributed by atoms with van der Waals surface area (Å²) in [6.45, 7) is 3.56. The SMILES string of the molecule is O=C(CN1CCN(C(=O)c2ccc(OCc3cscn3)cc2)CC1)NC1CC1. The smallest absolute Gasteiger partial charge is 0.253 e. The number of benzene rings is 1. The largest absolute Gasteiger partial charge is 0.487 e. The first-order valence-corrected chi connectivity index (χ1v) is 10.5. The average Bonchev–Trinajstić information content (AvgIpc) is 3.37. The molecule has 0 bridgehead atoms. The van der Waals surface area contributed by atoms with E-state index >= 15 is 0 Å².